The maximum absolute atomic E-state index is 11.9. The van der Waals surface area contributed by atoms with Gasteiger partial charge < -0.3 is 15.3 Å². The average Bonchev–Trinajstić information content (AvgIpc) is 2.37. The number of carboxylic acids is 1. The van der Waals surface area contributed by atoms with Crippen LogP contribution in [-0.4, -0.2) is 40.0 Å². The number of non-ortho nitro benzene ring substituents is 1. The quantitative estimate of drug-likeness (QED) is 0.627. The molecule has 0 radical (unpaired) electrons. The van der Waals surface area contributed by atoms with Gasteiger partial charge in [-0.05, 0) is 28.9 Å². The number of urea groups is 1. The number of carboxylic acid groups (broad SMARTS) is 1. The molecule has 2 amide bonds. The molecule has 0 aliphatic carbocycles. The smallest absolute Gasteiger partial charge is 0.323 e. The molecular formula is C11H12BrN3O5. The van der Waals surface area contributed by atoms with Crippen LogP contribution in [0.2, 0.25) is 0 Å². The zero-order valence-corrected chi connectivity index (χ0v) is 12.1. The molecule has 0 aromatic heterocycles. The number of anilines is 1. The highest BCUT2D eigenvalue weighted by atomic mass is 79.9. The number of nitrogens with one attached hydrogen (secondary N) is 1. The third-order valence-corrected chi connectivity index (χ3v) is 3.09. The first kappa shape index (κ1) is 15.9. The summed E-state index contributed by atoms with van der Waals surface area (Å²) in [5.74, 6) is -1.14. The Bertz CT molecular complexity index is 549. The van der Waals surface area contributed by atoms with Crippen LogP contribution in [0.15, 0.2) is 22.7 Å². The van der Waals surface area contributed by atoms with E-state index in [-0.39, 0.29) is 17.9 Å². The normalized spacial score (nSPS) is 9.90. The van der Waals surface area contributed by atoms with E-state index in [1.165, 1.54) is 18.2 Å². The van der Waals surface area contributed by atoms with Gasteiger partial charge in [0.15, 0.2) is 0 Å². The highest BCUT2D eigenvalue weighted by molar-refractivity contribution is 9.10. The van der Waals surface area contributed by atoms with Crippen LogP contribution in [0.4, 0.5) is 16.2 Å². The fourth-order valence-electron chi connectivity index (χ4n) is 1.41. The molecule has 1 aromatic carbocycles. The molecule has 0 atom stereocenters. The Labute approximate surface area is 122 Å². The Hall–Kier alpha value is -2.16. The minimum atomic E-state index is -1.14. The van der Waals surface area contributed by atoms with Crippen molar-refractivity contribution in [3.63, 3.8) is 0 Å². The number of likely N-dealkylation sites (N-methyl/N-ethyl adjacent to an activating group) is 1. The molecule has 2 N–H and O–H groups in total. The number of benzene rings is 1. The molecule has 0 unspecified atom stereocenters. The van der Waals surface area contributed by atoms with Crippen molar-refractivity contribution in [1.82, 2.24) is 4.90 Å². The molecule has 0 spiro atoms. The first-order valence-electron chi connectivity index (χ1n) is 5.56. The number of rotatable bonds is 5. The van der Waals surface area contributed by atoms with Crippen LogP contribution in [0.25, 0.3) is 0 Å². The van der Waals surface area contributed by atoms with E-state index < -0.39 is 23.5 Å². The summed E-state index contributed by atoms with van der Waals surface area (Å²) in [5, 5.41) is 21.8. The van der Waals surface area contributed by atoms with Crippen molar-refractivity contribution < 1.29 is 19.6 Å². The van der Waals surface area contributed by atoms with Crippen molar-refractivity contribution in [3.05, 3.63) is 32.8 Å². The largest absolute Gasteiger partial charge is 0.480 e. The number of aliphatic carboxylic acids is 1. The van der Waals surface area contributed by atoms with Crippen molar-refractivity contribution in [2.24, 2.45) is 0 Å². The molecule has 0 heterocycles. The summed E-state index contributed by atoms with van der Waals surface area (Å²) in [6.45, 7) is 1.38. The number of carbonyl (C=O) groups is 2. The third kappa shape index (κ3) is 4.19. The van der Waals surface area contributed by atoms with Crippen molar-refractivity contribution in [2.45, 2.75) is 6.92 Å². The van der Waals surface area contributed by atoms with Gasteiger partial charge in [-0.2, -0.15) is 0 Å². The summed E-state index contributed by atoms with van der Waals surface area (Å²) in [7, 11) is 0. The average molecular weight is 346 g/mol. The monoisotopic (exact) mass is 345 g/mol. The van der Waals surface area contributed by atoms with Crippen LogP contribution in [0, 0.1) is 10.1 Å². The van der Waals surface area contributed by atoms with Gasteiger partial charge >= 0.3 is 12.0 Å². The first-order valence-corrected chi connectivity index (χ1v) is 6.36. The summed E-state index contributed by atoms with van der Waals surface area (Å²) in [6.07, 6.45) is 0. The lowest BCUT2D eigenvalue weighted by Gasteiger charge is -2.19. The Morgan fingerprint density at radius 2 is 2.15 bits per heavy atom. The van der Waals surface area contributed by atoms with Crippen LogP contribution in [0.5, 0.6) is 0 Å². The maximum atomic E-state index is 11.9. The fraction of sp³-hybridized carbons (Fsp3) is 0.273. The lowest BCUT2D eigenvalue weighted by atomic mass is 10.3. The molecule has 0 saturated carbocycles. The topological polar surface area (TPSA) is 113 Å². The van der Waals surface area contributed by atoms with Crippen LogP contribution >= 0.6 is 15.9 Å². The molecule has 0 saturated heterocycles. The molecule has 9 heteroatoms. The summed E-state index contributed by atoms with van der Waals surface area (Å²) < 4.78 is 0.461. The summed E-state index contributed by atoms with van der Waals surface area (Å²) in [5.41, 5.74) is 0.0258. The summed E-state index contributed by atoms with van der Waals surface area (Å²) in [6, 6.07) is 3.27. The highest BCUT2D eigenvalue weighted by Crippen LogP contribution is 2.27. The minimum Gasteiger partial charge on any atom is -0.480 e. The molecule has 0 aliphatic heterocycles. The van der Waals surface area contributed by atoms with Gasteiger partial charge in [0.05, 0.1) is 10.6 Å². The third-order valence-electron chi connectivity index (χ3n) is 2.40. The second-order valence-electron chi connectivity index (χ2n) is 3.76. The van der Waals surface area contributed by atoms with Crippen molar-refractivity contribution in [2.75, 3.05) is 18.4 Å². The van der Waals surface area contributed by atoms with E-state index in [1.807, 2.05) is 0 Å². The SMILES string of the molecule is CCN(CC(=O)O)C(=O)Nc1cc([N+](=O)[O-])ccc1Br. The summed E-state index contributed by atoms with van der Waals surface area (Å²) in [4.78, 5) is 33.6. The van der Waals surface area contributed by atoms with E-state index in [0.29, 0.717) is 4.47 Å². The zero-order chi connectivity index (χ0) is 15.3. The Balaban J connectivity index is 2.91. The number of halogens is 1. The summed E-state index contributed by atoms with van der Waals surface area (Å²) >= 11 is 3.16. The van der Waals surface area contributed by atoms with E-state index in [2.05, 4.69) is 21.2 Å². The van der Waals surface area contributed by atoms with E-state index >= 15 is 0 Å². The van der Waals surface area contributed by atoms with Crippen molar-refractivity contribution >= 4 is 39.3 Å². The van der Waals surface area contributed by atoms with Gasteiger partial charge in [0, 0.05) is 23.2 Å². The lowest BCUT2D eigenvalue weighted by molar-refractivity contribution is -0.384. The number of amides is 2. The van der Waals surface area contributed by atoms with Gasteiger partial charge in [0.25, 0.3) is 5.69 Å². The molecule has 8 nitrogen and oxygen atoms in total. The van der Waals surface area contributed by atoms with Crippen molar-refractivity contribution in [3.8, 4) is 0 Å². The van der Waals surface area contributed by atoms with E-state index in [1.54, 1.807) is 6.92 Å². The van der Waals surface area contributed by atoms with Crippen LogP contribution in [0.3, 0.4) is 0 Å². The molecule has 1 rings (SSSR count). The first-order chi connectivity index (χ1) is 9.35. The maximum Gasteiger partial charge on any atom is 0.323 e. The second-order valence-corrected chi connectivity index (χ2v) is 4.61. The number of nitro groups is 1. The molecule has 0 fully saturated rings. The predicted octanol–water partition coefficient (Wildman–Crippen LogP) is 2.30. The van der Waals surface area contributed by atoms with Gasteiger partial charge in [0.2, 0.25) is 0 Å². The minimum absolute atomic E-state index is 0.176. The molecule has 0 aliphatic rings. The standard InChI is InChI=1S/C11H12BrN3O5/c1-2-14(6-10(16)17)11(18)13-9-5-7(15(19)20)3-4-8(9)12/h3-5H,2,6H2,1H3,(H,13,18)(H,16,17). The van der Waals surface area contributed by atoms with Crippen LogP contribution in [-0.2, 0) is 4.79 Å². The fourth-order valence-corrected chi connectivity index (χ4v) is 1.75. The molecule has 108 valence electrons. The van der Waals surface area contributed by atoms with E-state index in [9.17, 15) is 19.7 Å². The highest BCUT2D eigenvalue weighted by Gasteiger charge is 2.17. The van der Waals surface area contributed by atoms with E-state index in [0.717, 1.165) is 4.90 Å². The molecule has 20 heavy (non-hydrogen) atoms. The lowest BCUT2D eigenvalue weighted by Crippen LogP contribution is -2.38. The Morgan fingerprint density at radius 1 is 1.50 bits per heavy atom. The van der Waals surface area contributed by atoms with Gasteiger partial charge in [-0.3, -0.25) is 14.9 Å². The van der Waals surface area contributed by atoms with Crippen LogP contribution in [0.1, 0.15) is 6.92 Å². The van der Waals surface area contributed by atoms with Gasteiger partial charge in [-0.1, -0.05) is 0 Å². The number of hydrogen-bond donors (Lipinski definition) is 2. The van der Waals surface area contributed by atoms with Crippen LogP contribution < -0.4 is 5.32 Å². The number of hydrogen-bond acceptors (Lipinski definition) is 4. The molecule has 1 aromatic rings. The number of nitrogens with zero attached hydrogens (tertiary/aromatic N) is 2. The Morgan fingerprint density at radius 3 is 2.65 bits per heavy atom. The van der Waals surface area contributed by atoms with Crippen molar-refractivity contribution in [1.29, 1.82) is 0 Å². The van der Waals surface area contributed by atoms with Gasteiger partial charge in [-0.25, -0.2) is 4.79 Å². The molecule has 0 bridgehead atoms. The van der Waals surface area contributed by atoms with E-state index in [4.69, 9.17) is 5.11 Å². The number of nitro benzene ring substituents is 1. The molecular weight excluding hydrogens is 334 g/mol. The Kier molecular flexibility index (Phi) is 5.44. The zero-order valence-electron chi connectivity index (χ0n) is 10.5. The number of carbonyl (C=O) groups excluding carboxylic acids is 1. The van der Waals surface area contributed by atoms with Gasteiger partial charge in [-0.15, -0.1) is 0 Å². The predicted molar refractivity (Wildman–Crippen MR) is 74.7 cm³/mol. The van der Waals surface area contributed by atoms with Gasteiger partial charge in [0.1, 0.15) is 6.54 Å². The second kappa shape index (κ2) is 6.85.